The molecule has 0 radical (unpaired) electrons. The number of anilines is 1. The second kappa shape index (κ2) is 8.13. The summed E-state index contributed by atoms with van der Waals surface area (Å²) in [6, 6.07) is 7.92. The Morgan fingerprint density at radius 2 is 1.83 bits per heavy atom. The van der Waals surface area contributed by atoms with Gasteiger partial charge >= 0.3 is 0 Å². The molecule has 0 spiro atoms. The molecule has 1 aromatic heterocycles. The number of nitrogens with zero attached hydrogens (tertiary/aromatic N) is 2. The van der Waals surface area contributed by atoms with Gasteiger partial charge in [0.2, 0.25) is 0 Å². The van der Waals surface area contributed by atoms with Crippen molar-refractivity contribution >= 4 is 40.7 Å². The van der Waals surface area contributed by atoms with E-state index in [0.29, 0.717) is 40.1 Å². The summed E-state index contributed by atoms with van der Waals surface area (Å²) in [5.41, 5.74) is 1.28. The van der Waals surface area contributed by atoms with Crippen molar-refractivity contribution < 1.29 is 9.59 Å². The predicted octanol–water partition coefficient (Wildman–Crippen LogP) is 4.12. The van der Waals surface area contributed by atoms with E-state index in [1.54, 1.807) is 29.2 Å². The summed E-state index contributed by atoms with van der Waals surface area (Å²) in [6.45, 7) is 5.02. The molecule has 0 atom stereocenters. The molecule has 5 nitrogen and oxygen atoms in total. The quantitative estimate of drug-likeness (QED) is 0.810. The number of amides is 2. The number of carbonyl (C=O) groups excluding carboxylic acids is 2. The average molecular weight is 366 g/mol. The molecule has 1 aromatic carbocycles. The average Bonchev–Trinajstić information content (AvgIpc) is 2.56. The summed E-state index contributed by atoms with van der Waals surface area (Å²) in [5, 5.41) is 3.31. The maximum Gasteiger partial charge on any atom is 0.257 e. The van der Waals surface area contributed by atoms with Crippen LogP contribution in [0.1, 0.15) is 34.6 Å². The third kappa shape index (κ3) is 4.24. The largest absolute Gasteiger partial charge is 0.339 e. The fourth-order valence-corrected chi connectivity index (χ4v) is 2.53. The van der Waals surface area contributed by atoms with Crippen LogP contribution in [0, 0.1) is 0 Å². The van der Waals surface area contributed by atoms with E-state index in [1.807, 2.05) is 13.8 Å². The van der Waals surface area contributed by atoms with Crippen molar-refractivity contribution in [1.82, 2.24) is 9.88 Å². The molecule has 0 fully saturated rings. The van der Waals surface area contributed by atoms with Crippen LogP contribution in [0.15, 0.2) is 36.5 Å². The molecule has 0 aliphatic rings. The summed E-state index contributed by atoms with van der Waals surface area (Å²) in [5.74, 6) is -0.470. The van der Waals surface area contributed by atoms with E-state index in [-0.39, 0.29) is 11.8 Å². The maximum atomic E-state index is 12.3. The molecule has 24 heavy (non-hydrogen) atoms. The van der Waals surface area contributed by atoms with Crippen LogP contribution in [-0.4, -0.2) is 34.8 Å². The lowest BCUT2D eigenvalue weighted by Crippen LogP contribution is -2.30. The van der Waals surface area contributed by atoms with Gasteiger partial charge in [-0.2, -0.15) is 0 Å². The number of rotatable bonds is 5. The van der Waals surface area contributed by atoms with E-state index in [2.05, 4.69) is 10.3 Å². The van der Waals surface area contributed by atoms with E-state index < -0.39 is 0 Å². The van der Waals surface area contributed by atoms with Gasteiger partial charge in [0, 0.05) is 25.0 Å². The van der Waals surface area contributed by atoms with Gasteiger partial charge < -0.3 is 10.2 Å². The molecule has 0 saturated heterocycles. The molecule has 2 aromatic rings. The highest BCUT2D eigenvalue weighted by atomic mass is 35.5. The third-order valence-corrected chi connectivity index (χ3v) is 4.03. The Morgan fingerprint density at radius 3 is 2.38 bits per heavy atom. The fraction of sp³-hybridized carbons (Fsp3) is 0.235. The number of hydrogen-bond donors (Lipinski definition) is 1. The Hall–Kier alpha value is -2.11. The minimum Gasteiger partial charge on any atom is -0.339 e. The molecule has 126 valence electrons. The highest BCUT2D eigenvalue weighted by Crippen LogP contribution is 2.23. The molecule has 7 heteroatoms. The number of nitrogens with one attached hydrogen (secondary N) is 1. The van der Waals surface area contributed by atoms with Crippen molar-refractivity contribution in [2.75, 3.05) is 18.4 Å². The van der Waals surface area contributed by atoms with Crippen molar-refractivity contribution in [1.29, 1.82) is 0 Å². The number of hydrogen-bond acceptors (Lipinski definition) is 3. The molecule has 1 heterocycles. The van der Waals surface area contributed by atoms with E-state index in [1.165, 1.54) is 12.3 Å². The van der Waals surface area contributed by atoms with Crippen LogP contribution in [0.25, 0.3) is 0 Å². The van der Waals surface area contributed by atoms with Crippen LogP contribution in [0.5, 0.6) is 0 Å². The van der Waals surface area contributed by atoms with Gasteiger partial charge in [0.25, 0.3) is 11.8 Å². The normalized spacial score (nSPS) is 10.3. The first-order chi connectivity index (χ1) is 11.5. The van der Waals surface area contributed by atoms with Gasteiger partial charge in [-0.15, -0.1) is 0 Å². The second-order valence-electron chi connectivity index (χ2n) is 5.00. The topological polar surface area (TPSA) is 62.3 Å². The number of aromatic nitrogens is 1. The van der Waals surface area contributed by atoms with Crippen molar-refractivity contribution in [3.05, 3.63) is 57.8 Å². The fourth-order valence-electron chi connectivity index (χ4n) is 2.16. The molecule has 2 amide bonds. The summed E-state index contributed by atoms with van der Waals surface area (Å²) in [4.78, 5) is 30.0. The molecule has 0 saturated carbocycles. The van der Waals surface area contributed by atoms with Crippen molar-refractivity contribution in [2.45, 2.75) is 13.8 Å². The summed E-state index contributed by atoms with van der Waals surface area (Å²) in [6.07, 6.45) is 1.39. The van der Waals surface area contributed by atoms with Crippen molar-refractivity contribution in [2.24, 2.45) is 0 Å². The van der Waals surface area contributed by atoms with Gasteiger partial charge in [-0.3, -0.25) is 9.59 Å². The van der Waals surface area contributed by atoms with Crippen molar-refractivity contribution in [3.8, 4) is 0 Å². The van der Waals surface area contributed by atoms with Crippen LogP contribution in [0.4, 0.5) is 5.69 Å². The van der Waals surface area contributed by atoms with Crippen LogP contribution in [-0.2, 0) is 0 Å². The summed E-state index contributed by atoms with van der Waals surface area (Å²) < 4.78 is 0. The molecule has 2 rings (SSSR count). The van der Waals surface area contributed by atoms with Gasteiger partial charge in [-0.25, -0.2) is 4.98 Å². The highest BCUT2D eigenvalue weighted by Gasteiger charge is 2.16. The Morgan fingerprint density at radius 1 is 1.12 bits per heavy atom. The van der Waals surface area contributed by atoms with Crippen LogP contribution >= 0.6 is 23.2 Å². The Kier molecular flexibility index (Phi) is 6.17. The lowest BCUT2D eigenvalue weighted by Gasteiger charge is -2.19. The lowest BCUT2D eigenvalue weighted by atomic mass is 10.1. The summed E-state index contributed by atoms with van der Waals surface area (Å²) >= 11 is 11.9. The van der Waals surface area contributed by atoms with Gasteiger partial charge in [0.05, 0.1) is 16.1 Å². The molecule has 0 aliphatic heterocycles. The molecule has 1 N–H and O–H groups in total. The molecule has 0 unspecified atom stereocenters. The first kappa shape index (κ1) is 18.2. The van der Waals surface area contributed by atoms with E-state index >= 15 is 0 Å². The SMILES string of the molecule is CCN(CC)C(=O)c1ccc(NC(=O)c2ccc(Cl)nc2)cc1Cl. The van der Waals surface area contributed by atoms with Crippen LogP contribution in [0.2, 0.25) is 10.2 Å². The lowest BCUT2D eigenvalue weighted by molar-refractivity contribution is 0.0773. The van der Waals surface area contributed by atoms with E-state index in [9.17, 15) is 9.59 Å². The van der Waals surface area contributed by atoms with Crippen molar-refractivity contribution in [3.63, 3.8) is 0 Å². The summed E-state index contributed by atoms with van der Waals surface area (Å²) in [7, 11) is 0. The number of pyridine rings is 1. The van der Waals surface area contributed by atoms with Gasteiger partial charge in [0.1, 0.15) is 5.15 Å². The Bertz CT molecular complexity index is 744. The molecular weight excluding hydrogens is 349 g/mol. The standard InChI is InChI=1S/C17H17Cl2N3O2/c1-3-22(4-2)17(24)13-7-6-12(9-14(13)18)21-16(23)11-5-8-15(19)20-10-11/h5-10H,3-4H2,1-2H3,(H,21,23). The van der Waals surface area contributed by atoms with Gasteiger partial charge in [-0.1, -0.05) is 23.2 Å². The first-order valence-corrected chi connectivity index (χ1v) is 8.23. The maximum absolute atomic E-state index is 12.3. The van der Waals surface area contributed by atoms with Gasteiger partial charge in [0.15, 0.2) is 0 Å². The van der Waals surface area contributed by atoms with E-state index in [0.717, 1.165) is 0 Å². The Balaban J connectivity index is 2.16. The molecule has 0 aliphatic carbocycles. The first-order valence-electron chi connectivity index (χ1n) is 7.48. The zero-order chi connectivity index (χ0) is 17.7. The monoisotopic (exact) mass is 365 g/mol. The number of halogens is 2. The second-order valence-corrected chi connectivity index (χ2v) is 5.79. The number of benzene rings is 1. The molecule has 0 bridgehead atoms. The minimum atomic E-state index is -0.335. The highest BCUT2D eigenvalue weighted by molar-refractivity contribution is 6.34. The Labute approximate surface area is 150 Å². The smallest absolute Gasteiger partial charge is 0.257 e. The third-order valence-electron chi connectivity index (χ3n) is 3.50. The van der Waals surface area contributed by atoms with E-state index in [4.69, 9.17) is 23.2 Å². The minimum absolute atomic E-state index is 0.134. The van der Waals surface area contributed by atoms with Gasteiger partial charge in [-0.05, 0) is 44.2 Å². The zero-order valence-electron chi connectivity index (χ0n) is 13.3. The van der Waals surface area contributed by atoms with Crippen LogP contribution in [0.3, 0.4) is 0 Å². The number of carbonyl (C=O) groups is 2. The van der Waals surface area contributed by atoms with Crippen LogP contribution < -0.4 is 5.32 Å². The predicted molar refractivity (Wildman–Crippen MR) is 95.9 cm³/mol. The zero-order valence-corrected chi connectivity index (χ0v) is 14.9. The molecular formula is C17H17Cl2N3O2.